The van der Waals surface area contributed by atoms with Crippen LogP contribution in [-0.4, -0.2) is 36.6 Å². The fraction of sp³-hybridized carbons (Fsp3) is 0.333. The van der Waals surface area contributed by atoms with Crippen molar-refractivity contribution in [1.82, 2.24) is 5.32 Å². The first-order valence-electron chi connectivity index (χ1n) is 4.51. The molecule has 0 fully saturated rings. The maximum absolute atomic E-state index is 11.4. The highest BCUT2D eigenvalue weighted by Crippen LogP contribution is 2.19. The molecule has 0 aromatic heterocycles. The summed E-state index contributed by atoms with van der Waals surface area (Å²) in [5, 5.41) is 2.40. The van der Waals surface area contributed by atoms with Crippen LogP contribution < -0.4 is 5.32 Å². The van der Waals surface area contributed by atoms with E-state index >= 15 is 0 Å². The number of carbonyl (C=O) groups is 2. The molecule has 1 N–H and O–H groups in total. The topological polar surface area (TPSA) is 80.1 Å². The molecule has 1 atom stereocenters. The molecule has 1 unspecified atom stereocenters. The van der Waals surface area contributed by atoms with Gasteiger partial charge in [-0.3, -0.25) is 14.8 Å². The van der Waals surface area contributed by atoms with Crippen molar-refractivity contribution in [3.63, 3.8) is 0 Å². The van der Waals surface area contributed by atoms with Crippen molar-refractivity contribution in [1.29, 1.82) is 0 Å². The van der Waals surface area contributed by atoms with E-state index in [1.807, 2.05) is 0 Å². The Hall–Kier alpha value is -1.98. The van der Waals surface area contributed by atoms with Crippen LogP contribution in [0.15, 0.2) is 21.8 Å². The number of esters is 1. The maximum Gasteiger partial charge on any atom is 0.338 e. The van der Waals surface area contributed by atoms with Gasteiger partial charge in [-0.2, -0.15) is 0 Å². The molecule has 2 rings (SSSR count). The second-order valence-electron chi connectivity index (χ2n) is 2.97. The van der Waals surface area contributed by atoms with Gasteiger partial charge in [0.2, 0.25) is 0 Å². The number of amides is 1. The average molecular weight is 207 g/mol. The molecular formula is C9H9N3O3. The molecule has 2 heterocycles. The van der Waals surface area contributed by atoms with Gasteiger partial charge in [-0.1, -0.05) is 0 Å². The second kappa shape index (κ2) is 3.64. The van der Waals surface area contributed by atoms with E-state index in [4.69, 9.17) is 4.74 Å². The van der Waals surface area contributed by atoms with Crippen molar-refractivity contribution in [3.05, 3.63) is 11.8 Å². The lowest BCUT2D eigenvalue weighted by molar-refractivity contribution is -0.138. The maximum atomic E-state index is 11.4. The number of carbonyl (C=O) groups excluding carboxylic acids is 2. The number of rotatable bonds is 2. The first-order chi connectivity index (χ1) is 7.24. The standard InChI is InChI=1S/C9H9N3O3/c1-2-15-9(14)5-3-10-7-6(5)11-4-12-8(7)13/h3-4,6H,2H2,1H3,(H,11,12,13). The van der Waals surface area contributed by atoms with Crippen LogP contribution in [0.3, 0.4) is 0 Å². The van der Waals surface area contributed by atoms with Crippen LogP contribution in [0.2, 0.25) is 0 Å². The van der Waals surface area contributed by atoms with Crippen LogP contribution in [0.25, 0.3) is 0 Å². The zero-order chi connectivity index (χ0) is 10.8. The lowest BCUT2D eigenvalue weighted by Crippen LogP contribution is -2.41. The first kappa shape index (κ1) is 9.57. The van der Waals surface area contributed by atoms with Crippen LogP contribution in [0.1, 0.15) is 6.92 Å². The van der Waals surface area contributed by atoms with Crippen LogP contribution in [0, 0.1) is 0 Å². The Bertz CT molecular complexity index is 409. The van der Waals surface area contributed by atoms with Gasteiger partial charge in [-0.25, -0.2) is 4.79 Å². The molecule has 0 aliphatic carbocycles. The molecule has 2 aliphatic heterocycles. The van der Waals surface area contributed by atoms with Gasteiger partial charge in [0, 0.05) is 6.20 Å². The molecule has 78 valence electrons. The Morgan fingerprint density at radius 1 is 1.67 bits per heavy atom. The molecule has 0 spiro atoms. The molecular weight excluding hydrogens is 198 g/mol. The monoisotopic (exact) mass is 207 g/mol. The van der Waals surface area contributed by atoms with E-state index in [1.54, 1.807) is 6.92 Å². The molecule has 6 nitrogen and oxygen atoms in total. The molecule has 0 aromatic rings. The fourth-order valence-electron chi connectivity index (χ4n) is 1.38. The van der Waals surface area contributed by atoms with Gasteiger partial charge in [-0.15, -0.1) is 0 Å². The van der Waals surface area contributed by atoms with Crippen molar-refractivity contribution in [2.75, 3.05) is 6.61 Å². The molecule has 0 saturated heterocycles. The lowest BCUT2D eigenvalue weighted by Gasteiger charge is -2.14. The largest absolute Gasteiger partial charge is 0.463 e. The summed E-state index contributed by atoms with van der Waals surface area (Å²) in [6.07, 6.45) is 2.60. The van der Waals surface area contributed by atoms with Gasteiger partial charge >= 0.3 is 5.97 Å². The quantitative estimate of drug-likeness (QED) is 0.615. The third-order valence-corrected chi connectivity index (χ3v) is 2.06. The number of nitrogens with zero attached hydrogens (tertiary/aromatic N) is 2. The Labute approximate surface area is 85.7 Å². The summed E-state index contributed by atoms with van der Waals surface area (Å²) < 4.78 is 4.82. The Balaban J connectivity index is 2.20. The minimum atomic E-state index is -0.599. The summed E-state index contributed by atoms with van der Waals surface area (Å²) in [5.41, 5.74) is 0.540. The van der Waals surface area contributed by atoms with Gasteiger partial charge in [0.15, 0.2) is 0 Å². The van der Waals surface area contributed by atoms with Gasteiger partial charge < -0.3 is 10.1 Å². The number of hydrogen-bond donors (Lipinski definition) is 1. The summed E-state index contributed by atoms with van der Waals surface area (Å²) in [5.74, 6) is -0.807. The first-order valence-corrected chi connectivity index (χ1v) is 4.51. The van der Waals surface area contributed by atoms with Gasteiger partial charge in [0.05, 0.1) is 18.5 Å². The molecule has 1 amide bonds. The van der Waals surface area contributed by atoms with E-state index in [9.17, 15) is 9.59 Å². The van der Waals surface area contributed by atoms with Crippen molar-refractivity contribution in [3.8, 4) is 0 Å². The third-order valence-electron chi connectivity index (χ3n) is 2.06. The molecule has 0 bridgehead atoms. The Morgan fingerprint density at radius 2 is 2.47 bits per heavy atom. The van der Waals surface area contributed by atoms with Gasteiger partial charge in [0.25, 0.3) is 5.91 Å². The number of hydrogen-bond acceptors (Lipinski definition) is 5. The smallest absolute Gasteiger partial charge is 0.338 e. The number of fused-ring (bicyclic) bond motifs is 1. The van der Waals surface area contributed by atoms with E-state index in [0.29, 0.717) is 5.57 Å². The van der Waals surface area contributed by atoms with Gasteiger partial charge in [-0.05, 0) is 6.92 Å². The fourth-order valence-corrected chi connectivity index (χ4v) is 1.38. The predicted molar refractivity (Wildman–Crippen MR) is 52.6 cm³/mol. The number of aliphatic imine (C=N–C) groups is 2. The summed E-state index contributed by atoms with van der Waals surface area (Å²) in [6, 6.07) is -0.599. The molecule has 15 heavy (non-hydrogen) atoms. The predicted octanol–water partition coefficient (Wildman–Crippen LogP) is -0.585. The third kappa shape index (κ3) is 1.54. The number of ether oxygens (including phenoxy) is 1. The van der Waals surface area contributed by atoms with Crippen LogP contribution in [0.5, 0.6) is 0 Å². The Morgan fingerprint density at radius 3 is 3.20 bits per heavy atom. The molecule has 0 aromatic carbocycles. The van der Waals surface area contributed by atoms with Crippen molar-refractivity contribution < 1.29 is 14.3 Å². The Kier molecular flexibility index (Phi) is 2.32. The van der Waals surface area contributed by atoms with Crippen molar-refractivity contribution in [2.24, 2.45) is 9.98 Å². The zero-order valence-corrected chi connectivity index (χ0v) is 8.06. The molecule has 0 radical (unpaired) electrons. The highest BCUT2D eigenvalue weighted by atomic mass is 16.5. The van der Waals surface area contributed by atoms with Crippen molar-refractivity contribution >= 4 is 23.9 Å². The van der Waals surface area contributed by atoms with E-state index in [-0.39, 0.29) is 18.2 Å². The SMILES string of the molecule is CCOC(=O)C1=CN=C2C(=O)NC=NC12. The van der Waals surface area contributed by atoms with E-state index in [1.165, 1.54) is 12.5 Å². The summed E-state index contributed by atoms with van der Waals surface area (Å²) >= 11 is 0. The summed E-state index contributed by atoms with van der Waals surface area (Å²) in [4.78, 5) is 30.5. The van der Waals surface area contributed by atoms with Crippen LogP contribution in [-0.2, 0) is 14.3 Å². The minimum Gasteiger partial charge on any atom is -0.463 e. The van der Waals surface area contributed by atoms with Crippen molar-refractivity contribution in [2.45, 2.75) is 13.0 Å². The molecule has 6 heteroatoms. The lowest BCUT2D eigenvalue weighted by atomic mass is 10.0. The summed E-state index contributed by atoms with van der Waals surface area (Å²) in [7, 11) is 0. The highest BCUT2D eigenvalue weighted by molar-refractivity contribution is 6.46. The van der Waals surface area contributed by atoms with Crippen LogP contribution >= 0.6 is 0 Å². The number of nitrogens with one attached hydrogen (secondary N) is 1. The van der Waals surface area contributed by atoms with E-state index in [0.717, 1.165) is 0 Å². The normalized spacial score (nSPS) is 22.7. The summed E-state index contributed by atoms with van der Waals surface area (Å²) in [6.45, 7) is 2.00. The zero-order valence-electron chi connectivity index (χ0n) is 8.06. The van der Waals surface area contributed by atoms with Crippen LogP contribution in [0.4, 0.5) is 0 Å². The highest BCUT2D eigenvalue weighted by Gasteiger charge is 2.35. The van der Waals surface area contributed by atoms with E-state index in [2.05, 4.69) is 15.3 Å². The van der Waals surface area contributed by atoms with E-state index < -0.39 is 12.0 Å². The molecule has 2 aliphatic rings. The minimum absolute atomic E-state index is 0.237. The molecule has 0 saturated carbocycles. The van der Waals surface area contributed by atoms with Gasteiger partial charge in [0.1, 0.15) is 11.8 Å². The average Bonchev–Trinajstić information content (AvgIpc) is 2.63. The second-order valence-corrected chi connectivity index (χ2v) is 2.97.